The standard InChI is InChI=1S/C18H26N6O/c1-12(2)24-14(4)17(13(3)22-24)18(25)21-15-6-5-9-23(11-15)16-10-19-7-8-20-16/h7-8,10,12,15H,5-6,9,11H2,1-4H3,(H,21,25). The van der Waals surface area contributed by atoms with Gasteiger partial charge in [-0.05, 0) is 40.5 Å². The van der Waals surface area contributed by atoms with Gasteiger partial charge in [-0.2, -0.15) is 5.10 Å². The monoisotopic (exact) mass is 342 g/mol. The number of aromatic nitrogens is 4. The maximum absolute atomic E-state index is 12.8. The van der Waals surface area contributed by atoms with Gasteiger partial charge < -0.3 is 10.2 Å². The molecule has 1 saturated heterocycles. The van der Waals surface area contributed by atoms with E-state index < -0.39 is 0 Å². The van der Waals surface area contributed by atoms with E-state index in [2.05, 4.69) is 39.1 Å². The van der Waals surface area contributed by atoms with Crippen LogP contribution in [0.25, 0.3) is 0 Å². The van der Waals surface area contributed by atoms with E-state index in [1.807, 2.05) is 18.5 Å². The predicted molar refractivity (Wildman–Crippen MR) is 96.8 cm³/mol. The van der Waals surface area contributed by atoms with E-state index >= 15 is 0 Å². The molecule has 3 heterocycles. The van der Waals surface area contributed by atoms with Crippen molar-refractivity contribution in [2.24, 2.45) is 0 Å². The van der Waals surface area contributed by atoms with Crippen molar-refractivity contribution in [3.8, 4) is 0 Å². The lowest BCUT2D eigenvalue weighted by molar-refractivity contribution is 0.0931. The second kappa shape index (κ2) is 7.21. The molecule has 1 unspecified atom stereocenters. The second-order valence-corrected chi connectivity index (χ2v) is 6.91. The van der Waals surface area contributed by atoms with E-state index in [1.54, 1.807) is 18.6 Å². The molecule has 134 valence electrons. The molecule has 3 rings (SSSR count). The molecule has 0 aromatic carbocycles. The first-order valence-electron chi connectivity index (χ1n) is 8.85. The Bertz CT molecular complexity index is 740. The fourth-order valence-corrected chi connectivity index (χ4v) is 3.51. The van der Waals surface area contributed by atoms with Crippen LogP contribution >= 0.6 is 0 Å². The molecule has 25 heavy (non-hydrogen) atoms. The minimum atomic E-state index is -0.0344. The van der Waals surface area contributed by atoms with Crippen LogP contribution in [-0.2, 0) is 0 Å². The Kier molecular flexibility index (Phi) is 5.01. The molecule has 0 aliphatic carbocycles. The fourth-order valence-electron chi connectivity index (χ4n) is 3.51. The second-order valence-electron chi connectivity index (χ2n) is 6.91. The van der Waals surface area contributed by atoms with Gasteiger partial charge in [-0.3, -0.25) is 14.5 Å². The molecule has 1 fully saturated rings. The van der Waals surface area contributed by atoms with Crippen molar-refractivity contribution in [3.05, 3.63) is 35.5 Å². The third-order valence-corrected chi connectivity index (χ3v) is 4.67. The summed E-state index contributed by atoms with van der Waals surface area (Å²) < 4.78 is 1.91. The number of hydrogen-bond acceptors (Lipinski definition) is 5. The van der Waals surface area contributed by atoms with Gasteiger partial charge in [-0.1, -0.05) is 0 Å². The first kappa shape index (κ1) is 17.4. The van der Waals surface area contributed by atoms with Gasteiger partial charge in [0.05, 0.1) is 17.5 Å². The van der Waals surface area contributed by atoms with Crippen LogP contribution < -0.4 is 10.2 Å². The zero-order chi connectivity index (χ0) is 18.0. The van der Waals surface area contributed by atoms with Gasteiger partial charge in [0.15, 0.2) is 0 Å². The maximum atomic E-state index is 12.8. The van der Waals surface area contributed by atoms with E-state index in [9.17, 15) is 4.79 Å². The normalized spacial score (nSPS) is 17.8. The van der Waals surface area contributed by atoms with Gasteiger partial charge in [0.25, 0.3) is 5.91 Å². The third kappa shape index (κ3) is 3.65. The van der Waals surface area contributed by atoms with Crippen molar-refractivity contribution < 1.29 is 4.79 Å². The summed E-state index contributed by atoms with van der Waals surface area (Å²) in [7, 11) is 0. The zero-order valence-corrected chi connectivity index (χ0v) is 15.4. The van der Waals surface area contributed by atoms with Crippen LogP contribution in [0, 0.1) is 13.8 Å². The largest absolute Gasteiger partial charge is 0.353 e. The minimum absolute atomic E-state index is 0.0344. The van der Waals surface area contributed by atoms with E-state index in [0.717, 1.165) is 43.1 Å². The molecule has 0 spiro atoms. The van der Waals surface area contributed by atoms with Crippen molar-refractivity contribution in [1.82, 2.24) is 25.1 Å². The molecule has 7 heteroatoms. The Hall–Kier alpha value is -2.44. The van der Waals surface area contributed by atoms with Gasteiger partial charge in [-0.25, -0.2) is 4.98 Å². The number of aryl methyl sites for hydroxylation is 1. The zero-order valence-electron chi connectivity index (χ0n) is 15.4. The number of hydrogen-bond donors (Lipinski definition) is 1. The average molecular weight is 342 g/mol. The molecule has 0 saturated carbocycles. The summed E-state index contributed by atoms with van der Waals surface area (Å²) in [5.74, 6) is 0.828. The number of rotatable bonds is 4. The maximum Gasteiger partial charge on any atom is 0.255 e. The van der Waals surface area contributed by atoms with Crippen LogP contribution in [-0.4, -0.2) is 44.8 Å². The lowest BCUT2D eigenvalue weighted by Gasteiger charge is -2.33. The highest BCUT2D eigenvalue weighted by Crippen LogP contribution is 2.20. The number of anilines is 1. The molecule has 2 aromatic heterocycles. The van der Waals surface area contributed by atoms with Crippen molar-refractivity contribution in [3.63, 3.8) is 0 Å². The topological polar surface area (TPSA) is 75.9 Å². The third-order valence-electron chi connectivity index (χ3n) is 4.67. The molecule has 1 atom stereocenters. The first-order chi connectivity index (χ1) is 12.0. The highest BCUT2D eigenvalue weighted by atomic mass is 16.1. The van der Waals surface area contributed by atoms with Crippen LogP contribution in [0.3, 0.4) is 0 Å². The lowest BCUT2D eigenvalue weighted by atomic mass is 10.0. The molecule has 0 radical (unpaired) electrons. The van der Waals surface area contributed by atoms with Crippen LogP contribution in [0.15, 0.2) is 18.6 Å². The number of nitrogens with zero attached hydrogens (tertiary/aromatic N) is 5. The van der Waals surface area contributed by atoms with Gasteiger partial charge in [0.2, 0.25) is 0 Å². The molecular formula is C18H26N6O. The summed E-state index contributed by atoms with van der Waals surface area (Å²) >= 11 is 0. The summed E-state index contributed by atoms with van der Waals surface area (Å²) in [6.45, 7) is 9.69. The van der Waals surface area contributed by atoms with E-state index in [4.69, 9.17) is 0 Å². The number of carbonyl (C=O) groups is 1. The van der Waals surface area contributed by atoms with E-state index in [-0.39, 0.29) is 18.0 Å². The SMILES string of the molecule is Cc1nn(C(C)C)c(C)c1C(=O)NC1CCCN(c2cnccn2)C1. The fraction of sp³-hybridized carbons (Fsp3) is 0.556. The summed E-state index contributed by atoms with van der Waals surface area (Å²) in [4.78, 5) is 23.5. The number of amides is 1. The number of nitrogens with one attached hydrogen (secondary N) is 1. The molecule has 1 amide bonds. The molecule has 0 bridgehead atoms. The van der Waals surface area contributed by atoms with E-state index in [0.29, 0.717) is 5.56 Å². The summed E-state index contributed by atoms with van der Waals surface area (Å²) in [6.07, 6.45) is 7.13. The Morgan fingerprint density at radius 2 is 2.12 bits per heavy atom. The Morgan fingerprint density at radius 1 is 1.32 bits per heavy atom. The Labute approximate surface area is 148 Å². The number of piperidine rings is 1. The molecular weight excluding hydrogens is 316 g/mol. The molecule has 7 nitrogen and oxygen atoms in total. The van der Waals surface area contributed by atoms with E-state index in [1.165, 1.54) is 0 Å². The average Bonchev–Trinajstić information content (AvgIpc) is 2.90. The highest BCUT2D eigenvalue weighted by Gasteiger charge is 2.26. The summed E-state index contributed by atoms with van der Waals surface area (Å²) in [5, 5.41) is 7.70. The number of carbonyl (C=O) groups excluding carboxylic acids is 1. The predicted octanol–water partition coefficient (Wildman–Crippen LogP) is 2.27. The Morgan fingerprint density at radius 3 is 2.76 bits per heavy atom. The smallest absolute Gasteiger partial charge is 0.255 e. The summed E-state index contributed by atoms with van der Waals surface area (Å²) in [5.41, 5.74) is 2.40. The van der Waals surface area contributed by atoms with Gasteiger partial charge >= 0.3 is 0 Å². The van der Waals surface area contributed by atoms with Crippen molar-refractivity contribution >= 4 is 11.7 Å². The first-order valence-corrected chi connectivity index (χ1v) is 8.85. The van der Waals surface area contributed by atoms with Crippen molar-refractivity contribution in [2.45, 2.75) is 52.6 Å². The van der Waals surface area contributed by atoms with Crippen LogP contribution in [0.5, 0.6) is 0 Å². The highest BCUT2D eigenvalue weighted by molar-refractivity contribution is 5.96. The van der Waals surface area contributed by atoms with Gasteiger partial charge in [0.1, 0.15) is 5.82 Å². The molecule has 2 aromatic rings. The van der Waals surface area contributed by atoms with Gasteiger partial charge in [0, 0.05) is 43.3 Å². The van der Waals surface area contributed by atoms with Crippen molar-refractivity contribution in [2.75, 3.05) is 18.0 Å². The minimum Gasteiger partial charge on any atom is -0.353 e. The van der Waals surface area contributed by atoms with Crippen LogP contribution in [0.2, 0.25) is 0 Å². The summed E-state index contributed by atoms with van der Waals surface area (Å²) in [6, 6.07) is 0.339. The molecule has 1 N–H and O–H groups in total. The van der Waals surface area contributed by atoms with Crippen molar-refractivity contribution in [1.29, 1.82) is 0 Å². The van der Waals surface area contributed by atoms with Crippen LogP contribution in [0.1, 0.15) is 54.5 Å². The van der Waals surface area contributed by atoms with Gasteiger partial charge in [-0.15, -0.1) is 0 Å². The molecule has 1 aliphatic heterocycles. The lowest BCUT2D eigenvalue weighted by Crippen LogP contribution is -2.48. The Balaban J connectivity index is 1.71. The molecule has 1 aliphatic rings. The quantitative estimate of drug-likeness (QED) is 0.922. The van der Waals surface area contributed by atoms with Crippen LogP contribution in [0.4, 0.5) is 5.82 Å².